The molecule has 2 aliphatic rings. The van der Waals surface area contributed by atoms with Crippen molar-refractivity contribution < 1.29 is 9.21 Å². The van der Waals surface area contributed by atoms with Crippen molar-refractivity contribution in [3.05, 3.63) is 41.4 Å². The summed E-state index contributed by atoms with van der Waals surface area (Å²) in [5.74, 6) is 1.93. The number of rotatable bonds is 3. The second-order valence-electron chi connectivity index (χ2n) is 7.12. The van der Waals surface area contributed by atoms with Crippen LogP contribution in [0, 0.1) is 19.8 Å². The molecule has 6 nitrogen and oxygen atoms in total. The lowest BCUT2D eigenvalue weighted by molar-refractivity contribution is -0.129. The number of amides is 1. The molecule has 3 heterocycles. The zero-order valence-electron chi connectivity index (χ0n) is 14.2. The van der Waals surface area contributed by atoms with Crippen LogP contribution < -0.4 is 0 Å². The first-order valence-electron chi connectivity index (χ1n) is 8.56. The van der Waals surface area contributed by atoms with Crippen LogP contribution in [0.15, 0.2) is 22.9 Å². The molecule has 2 fully saturated rings. The Labute approximate surface area is 141 Å². The van der Waals surface area contributed by atoms with Crippen molar-refractivity contribution in [2.24, 2.45) is 5.92 Å². The molecule has 4 rings (SSSR count). The maximum atomic E-state index is 12.8. The molecule has 1 saturated carbocycles. The summed E-state index contributed by atoms with van der Waals surface area (Å²) in [5, 5.41) is 8.30. The van der Waals surface area contributed by atoms with Gasteiger partial charge >= 0.3 is 0 Å². The Bertz CT molecular complexity index is 772. The van der Waals surface area contributed by atoms with Gasteiger partial charge in [0.15, 0.2) is 0 Å². The monoisotopic (exact) mass is 326 g/mol. The van der Waals surface area contributed by atoms with E-state index in [-0.39, 0.29) is 11.3 Å². The zero-order chi connectivity index (χ0) is 16.7. The van der Waals surface area contributed by atoms with Crippen molar-refractivity contribution in [2.75, 3.05) is 13.1 Å². The molecular weight excluding hydrogens is 304 g/mol. The van der Waals surface area contributed by atoms with Crippen LogP contribution in [0.4, 0.5) is 0 Å². The summed E-state index contributed by atoms with van der Waals surface area (Å²) in [6.07, 6.45) is 7.30. The molecule has 1 saturated heterocycles. The third-order valence-electron chi connectivity index (χ3n) is 5.65. The molecule has 0 aromatic carbocycles. The van der Waals surface area contributed by atoms with E-state index in [9.17, 15) is 4.79 Å². The minimum Gasteiger partial charge on any atom is -0.425 e. The van der Waals surface area contributed by atoms with Gasteiger partial charge in [-0.25, -0.2) is 0 Å². The van der Waals surface area contributed by atoms with Gasteiger partial charge in [0.2, 0.25) is 17.7 Å². The maximum Gasteiger partial charge on any atom is 0.227 e. The van der Waals surface area contributed by atoms with Gasteiger partial charge in [-0.2, -0.15) is 0 Å². The van der Waals surface area contributed by atoms with Gasteiger partial charge in [0, 0.05) is 32.4 Å². The fourth-order valence-electron chi connectivity index (χ4n) is 4.30. The summed E-state index contributed by atoms with van der Waals surface area (Å²) in [6.45, 7) is 5.31. The highest BCUT2D eigenvalue weighted by molar-refractivity contribution is 5.79. The molecule has 0 bridgehead atoms. The lowest BCUT2D eigenvalue weighted by Gasteiger charge is -2.24. The van der Waals surface area contributed by atoms with Gasteiger partial charge < -0.3 is 9.32 Å². The Kier molecular flexibility index (Phi) is 3.62. The van der Waals surface area contributed by atoms with Crippen molar-refractivity contribution in [1.82, 2.24) is 20.1 Å². The fourth-order valence-corrected chi connectivity index (χ4v) is 4.30. The predicted octanol–water partition coefficient (Wildman–Crippen LogP) is 2.20. The molecule has 2 atom stereocenters. The summed E-state index contributed by atoms with van der Waals surface area (Å²) in [6, 6.07) is 1.93. The third-order valence-corrected chi connectivity index (χ3v) is 5.65. The largest absolute Gasteiger partial charge is 0.425 e. The first kappa shape index (κ1) is 15.3. The maximum absolute atomic E-state index is 12.8. The van der Waals surface area contributed by atoms with Crippen LogP contribution in [0.1, 0.15) is 42.2 Å². The van der Waals surface area contributed by atoms with Crippen molar-refractivity contribution in [2.45, 2.75) is 44.9 Å². The van der Waals surface area contributed by atoms with Crippen molar-refractivity contribution >= 4 is 5.91 Å². The fraction of sp³-hybridized carbons (Fsp3) is 0.556. The Morgan fingerprint density at radius 3 is 3.04 bits per heavy atom. The second-order valence-corrected chi connectivity index (χ2v) is 7.12. The Morgan fingerprint density at radius 1 is 1.42 bits per heavy atom. The molecule has 6 heteroatoms. The van der Waals surface area contributed by atoms with Crippen LogP contribution in [-0.4, -0.2) is 39.1 Å². The number of pyridine rings is 1. The third kappa shape index (κ3) is 2.41. The lowest BCUT2D eigenvalue weighted by atomic mass is 9.80. The molecule has 1 aliphatic carbocycles. The predicted molar refractivity (Wildman–Crippen MR) is 87.3 cm³/mol. The lowest BCUT2D eigenvalue weighted by Crippen LogP contribution is -2.35. The van der Waals surface area contributed by atoms with E-state index < -0.39 is 0 Å². The summed E-state index contributed by atoms with van der Waals surface area (Å²) in [4.78, 5) is 18.9. The number of carbonyl (C=O) groups is 1. The average Bonchev–Trinajstić information content (AvgIpc) is 3.23. The average molecular weight is 326 g/mol. The van der Waals surface area contributed by atoms with Gasteiger partial charge in [-0.15, -0.1) is 10.2 Å². The summed E-state index contributed by atoms with van der Waals surface area (Å²) in [7, 11) is 0. The molecule has 1 amide bonds. The van der Waals surface area contributed by atoms with Gasteiger partial charge in [0.05, 0.1) is 11.8 Å². The van der Waals surface area contributed by atoms with E-state index in [4.69, 9.17) is 4.42 Å². The van der Waals surface area contributed by atoms with Crippen molar-refractivity contribution in [1.29, 1.82) is 0 Å². The number of hydrogen-bond donors (Lipinski definition) is 0. The number of nitrogens with zero attached hydrogens (tertiary/aromatic N) is 4. The van der Waals surface area contributed by atoms with E-state index in [1.807, 2.05) is 31.0 Å². The Hall–Kier alpha value is -2.24. The summed E-state index contributed by atoms with van der Waals surface area (Å²) in [5.41, 5.74) is 1.98. The van der Waals surface area contributed by atoms with E-state index in [0.29, 0.717) is 24.8 Å². The molecule has 0 unspecified atom stereocenters. The second kappa shape index (κ2) is 5.69. The topological polar surface area (TPSA) is 72.1 Å². The smallest absolute Gasteiger partial charge is 0.227 e. The SMILES string of the molecule is Cc1nnc([C@]23CCC[C@H]2CN(C(=O)Cc2ccncc2C)C3)o1. The molecule has 0 N–H and O–H groups in total. The van der Waals surface area contributed by atoms with Crippen LogP contribution in [0.25, 0.3) is 0 Å². The van der Waals surface area contributed by atoms with E-state index in [1.54, 1.807) is 6.20 Å². The normalized spacial score (nSPS) is 25.9. The summed E-state index contributed by atoms with van der Waals surface area (Å²) < 4.78 is 5.77. The van der Waals surface area contributed by atoms with E-state index in [0.717, 1.165) is 42.8 Å². The summed E-state index contributed by atoms with van der Waals surface area (Å²) >= 11 is 0. The van der Waals surface area contributed by atoms with Gasteiger partial charge in [0.1, 0.15) is 0 Å². The van der Waals surface area contributed by atoms with Crippen molar-refractivity contribution in [3.8, 4) is 0 Å². The minimum absolute atomic E-state index is 0.135. The molecule has 2 aromatic heterocycles. The van der Waals surface area contributed by atoms with Gasteiger partial charge in [-0.3, -0.25) is 9.78 Å². The Morgan fingerprint density at radius 2 is 2.29 bits per heavy atom. The highest BCUT2D eigenvalue weighted by Crippen LogP contribution is 2.50. The molecular formula is C18H22N4O2. The molecule has 126 valence electrons. The van der Waals surface area contributed by atoms with Gasteiger partial charge in [0.25, 0.3) is 0 Å². The zero-order valence-corrected chi connectivity index (χ0v) is 14.2. The van der Waals surface area contributed by atoms with Crippen LogP contribution >= 0.6 is 0 Å². The quantitative estimate of drug-likeness (QED) is 0.864. The molecule has 24 heavy (non-hydrogen) atoms. The number of likely N-dealkylation sites (tertiary alicyclic amines) is 1. The van der Waals surface area contributed by atoms with Crippen LogP contribution in [0.2, 0.25) is 0 Å². The molecule has 2 aromatic rings. The van der Waals surface area contributed by atoms with Crippen LogP contribution in [0.5, 0.6) is 0 Å². The van der Waals surface area contributed by atoms with E-state index >= 15 is 0 Å². The number of aromatic nitrogens is 3. The van der Waals surface area contributed by atoms with Gasteiger partial charge in [-0.1, -0.05) is 6.42 Å². The van der Waals surface area contributed by atoms with Crippen LogP contribution in [-0.2, 0) is 16.6 Å². The molecule has 1 aliphatic heterocycles. The molecule has 0 spiro atoms. The number of carbonyl (C=O) groups excluding carboxylic acids is 1. The van der Waals surface area contributed by atoms with Gasteiger partial charge in [-0.05, 0) is 42.9 Å². The van der Waals surface area contributed by atoms with E-state index in [1.165, 1.54) is 0 Å². The number of aryl methyl sites for hydroxylation is 2. The minimum atomic E-state index is -0.135. The molecule has 0 radical (unpaired) electrons. The number of fused-ring (bicyclic) bond motifs is 1. The first-order valence-corrected chi connectivity index (χ1v) is 8.56. The Balaban J connectivity index is 1.55. The van der Waals surface area contributed by atoms with E-state index in [2.05, 4.69) is 15.2 Å². The highest BCUT2D eigenvalue weighted by Gasteiger charge is 2.54. The van der Waals surface area contributed by atoms with Crippen LogP contribution in [0.3, 0.4) is 0 Å². The van der Waals surface area contributed by atoms with Crippen molar-refractivity contribution in [3.63, 3.8) is 0 Å². The standard InChI is InChI=1S/C18H22N4O2/c1-12-9-19-7-5-14(12)8-16(23)22-10-15-4-3-6-18(15,11-22)17-21-20-13(2)24-17/h5,7,9,15H,3-4,6,8,10-11H2,1-2H3/t15-,18-/m0/s1. The highest BCUT2D eigenvalue weighted by atomic mass is 16.4. The first-order chi connectivity index (χ1) is 11.6. The number of hydrogen-bond acceptors (Lipinski definition) is 5.